The molecule has 6 heteroatoms. The zero-order valence-corrected chi connectivity index (χ0v) is 17.1. The molecule has 0 bridgehead atoms. The summed E-state index contributed by atoms with van der Waals surface area (Å²) in [5, 5.41) is 0.971. The fraction of sp³-hybridized carbons (Fsp3) is 0.250. The molecule has 5 rings (SSSR count). The third-order valence-corrected chi connectivity index (χ3v) is 5.95. The quantitative estimate of drug-likeness (QED) is 0.549. The van der Waals surface area contributed by atoms with Crippen molar-refractivity contribution in [3.05, 3.63) is 89.1 Å². The predicted octanol–water partition coefficient (Wildman–Crippen LogP) is 4.06. The van der Waals surface area contributed by atoms with Crippen LogP contribution in [0.15, 0.2) is 60.9 Å². The molecule has 0 saturated carbocycles. The van der Waals surface area contributed by atoms with Crippen molar-refractivity contribution in [3.63, 3.8) is 0 Å². The van der Waals surface area contributed by atoms with Crippen LogP contribution in [-0.2, 0) is 17.7 Å². The molecule has 0 aliphatic carbocycles. The number of rotatable bonds is 5. The van der Waals surface area contributed by atoms with Gasteiger partial charge in [0, 0.05) is 42.4 Å². The molecule has 152 valence electrons. The van der Waals surface area contributed by atoms with Gasteiger partial charge in [0.2, 0.25) is 0 Å². The molecule has 1 aliphatic rings. The first kappa shape index (κ1) is 18.6. The summed E-state index contributed by atoms with van der Waals surface area (Å²) in [5.74, 6) is 0.0523. The highest BCUT2D eigenvalue weighted by Gasteiger charge is 2.33. The number of imidazole rings is 1. The summed E-state index contributed by atoms with van der Waals surface area (Å²) >= 11 is 0. The normalized spacial score (nSPS) is 14.9. The second-order valence-electron chi connectivity index (χ2n) is 7.66. The smallest absolute Gasteiger partial charge is 0.256 e. The van der Waals surface area contributed by atoms with Gasteiger partial charge in [-0.05, 0) is 13.0 Å². The zero-order valence-electron chi connectivity index (χ0n) is 17.1. The maximum atomic E-state index is 13.6. The number of methoxy groups -OCH3 is 1. The Balaban J connectivity index is 1.63. The summed E-state index contributed by atoms with van der Waals surface area (Å²) in [6, 6.07) is 18.2. The summed E-state index contributed by atoms with van der Waals surface area (Å²) in [7, 11) is 1.72. The lowest BCUT2D eigenvalue weighted by atomic mass is 10.0. The molecule has 1 unspecified atom stereocenters. The SMILES string of the molecule is COC(c1ccccc1)n1c2c(c3ccccc31)C(=O)N(Cc1nc[nH]c1C)CC2. The zero-order chi connectivity index (χ0) is 20.7. The topological polar surface area (TPSA) is 63.1 Å². The van der Waals surface area contributed by atoms with Crippen molar-refractivity contribution >= 4 is 16.8 Å². The molecule has 2 aromatic heterocycles. The van der Waals surface area contributed by atoms with E-state index in [0.717, 1.165) is 45.5 Å². The first-order valence-corrected chi connectivity index (χ1v) is 10.2. The van der Waals surface area contributed by atoms with Gasteiger partial charge in [-0.25, -0.2) is 4.98 Å². The number of aromatic nitrogens is 3. The number of ether oxygens (including phenoxy) is 1. The highest BCUT2D eigenvalue weighted by atomic mass is 16.5. The van der Waals surface area contributed by atoms with Crippen molar-refractivity contribution in [2.45, 2.75) is 26.1 Å². The average molecular weight is 400 g/mol. The Bertz CT molecular complexity index is 1210. The van der Waals surface area contributed by atoms with Crippen molar-refractivity contribution in [1.82, 2.24) is 19.4 Å². The number of carbonyl (C=O) groups is 1. The summed E-state index contributed by atoms with van der Waals surface area (Å²) in [4.78, 5) is 22.9. The van der Waals surface area contributed by atoms with Gasteiger partial charge in [-0.3, -0.25) is 4.79 Å². The van der Waals surface area contributed by atoms with Gasteiger partial charge in [-0.2, -0.15) is 0 Å². The van der Waals surface area contributed by atoms with E-state index < -0.39 is 0 Å². The Labute approximate surface area is 175 Å². The third kappa shape index (κ3) is 2.92. The molecule has 3 heterocycles. The van der Waals surface area contributed by atoms with E-state index in [1.807, 2.05) is 48.2 Å². The van der Waals surface area contributed by atoms with E-state index in [-0.39, 0.29) is 12.1 Å². The van der Waals surface area contributed by atoms with Gasteiger partial charge in [0.1, 0.15) is 0 Å². The summed E-state index contributed by atoms with van der Waals surface area (Å²) in [6.07, 6.45) is 2.17. The molecule has 1 aliphatic heterocycles. The van der Waals surface area contributed by atoms with Crippen LogP contribution in [0.1, 0.15) is 39.2 Å². The van der Waals surface area contributed by atoms with Gasteiger partial charge in [0.05, 0.1) is 29.6 Å². The first-order valence-electron chi connectivity index (χ1n) is 10.2. The van der Waals surface area contributed by atoms with Crippen LogP contribution < -0.4 is 0 Å². The Hall–Kier alpha value is -3.38. The van der Waals surface area contributed by atoms with Gasteiger partial charge in [0.25, 0.3) is 5.91 Å². The lowest BCUT2D eigenvalue weighted by molar-refractivity contribution is 0.0686. The number of aryl methyl sites for hydroxylation is 1. The molecule has 1 N–H and O–H groups in total. The van der Waals surface area contributed by atoms with Crippen molar-refractivity contribution in [3.8, 4) is 0 Å². The predicted molar refractivity (Wildman–Crippen MR) is 115 cm³/mol. The van der Waals surface area contributed by atoms with Gasteiger partial charge < -0.3 is 19.2 Å². The van der Waals surface area contributed by atoms with Crippen LogP contribution in [0.3, 0.4) is 0 Å². The number of fused-ring (bicyclic) bond motifs is 3. The maximum absolute atomic E-state index is 13.6. The van der Waals surface area contributed by atoms with Gasteiger partial charge >= 0.3 is 0 Å². The van der Waals surface area contributed by atoms with Crippen LogP contribution in [0.2, 0.25) is 0 Å². The number of nitrogens with zero attached hydrogens (tertiary/aromatic N) is 3. The molecule has 6 nitrogen and oxygen atoms in total. The van der Waals surface area contributed by atoms with Crippen LogP contribution >= 0.6 is 0 Å². The highest BCUT2D eigenvalue weighted by molar-refractivity contribution is 6.09. The van der Waals surface area contributed by atoms with E-state index in [2.05, 4.69) is 32.7 Å². The van der Waals surface area contributed by atoms with Crippen molar-refractivity contribution in [2.24, 2.45) is 0 Å². The molecular weight excluding hydrogens is 376 g/mol. The van der Waals surface area contributed by atoms with Gasteiger partial charge in [0.15, 0.2) is 6.23 Å². The van der Waals surface area contributed by atoms with E-state index in [4.69, 9.17) is 4.74 Å². The molecule has 1 atom stereocenters. The van der Waals surface area contributed by atoms with Gasteiger partial charge in [-0.15, -0.1) is 0 Å². The van der Waals surface area contributed by atoms with E-state index in [1.54, 1.807) is 13.4 Å². The molecule has 0 saturated heterocycles. The lowest BCUT2D eigenvalue weighted by Crippen LogP contribution is -2.38. The van der Waals surface area contributed by atoms with Crippen LogP contribution in [-0.4, -0.2) is 39.0 Å². The van der Waals surface area contributed by atoms with E-state index in [1.165, 1.54) is 0 Å². The van der Waals surface area contributed by atoms with Crippen LogP contribution in [0, 0.1) is 6.92 Å². The molecule has 30 heavy (non-hydrogen) atoms. The Morgan fingerprint density at radius 3 is 2.63 bits per heavy atom. The lowest BCUT2D eigenvalue weighted by Gasteiger charge is -2.29. The molecule has 4 aromatic rings. The molecule has 0 radical (unpaired) electrons. The Morgan fingerprint density at radius 2 is 1.90 bits per heavy atom. The average Bonchev–Trinajstić information content (AvgIpc) is 3.33. The van der Waals surface area contributed by atoms with Crippen LogP contribution in [0.25, 0.3) is 10.9 Å². The number of para-hydroxylation sites is 1. The summed E-state index contributed by atoms with van der Waals surface area (Å²) < 4.78 is 8.13. The van der Waals surface area contributed by atoms with E-state index >= 15 is 0 Å². The standard InChI is InChI=1S/C24H24N4O2/c1-16-19(26-15-25-16)14-27-13-12-21-22(23(27)29)18-10-6-7-11-20(18)28(21)24(30-2)17-8-4-3-5-9-17/h3-11,15,24H,12-14H2,1-2H3,(H,25,26). The Morgan fingerprint density at radius 1 is 1.13 bits per heavy atom. The fourth-order valence-electron chi connectivity index (χ4n) is 4.46. The number of benzene rings is 2. The number of aromatic amines is 1. The Kier molecular flexibility index (Phi) is 4.64. The van der Waals surface area contributed by atoms with Crippen molar-refractivity contribution in [1.29, 1.82) is 0 Å². The van der Waals surface area contributed by atoms with Crippen molar-refractivity contribution < 1.29 is 9.53 Å². The highest BCUT2D eigenvalue weighted by Crippen LogP contribution is 2.36. The molecule has 0 fully saturated rings. The molecule has 1 amide bonds. The molecular formula is C24H24N4O2. The second-order valence-corrected chi connectivity index (χ2v) is 7.66. The number of hydrogen-bond donors (Lipinski definition) is 1. The minimum atomic E-state index is -0.284. The summed E-state index contributed by atoms with van der Waals surface area (Å²) in [6.45, 7) is 3.15. The summed E-state index contributed by atoms with van der Waals surface area (Å²) in [5.41, 5.74) is 5.80. The van der Waals surface area contributed by atoms with E-state index in [9.17, 15) is 4.79 Å². The number of amides is 1. The minimum Gasteiger partial charge on any atom is -0.357 e. The molecule has 2 aromatic carbocycles. The number of carbonyl (C=O) groups excluding carboxylic acids is 1. The van der Waals surface area contributed by atoms with Crippen molar-refractivity contribution in [2.75, 3.05) is 13.7 Å². The number of H-pyrrole nitrogens is 1. The monoisotopic (exact) mass is 400 g/mol. The van der Waals surface area contributed by atoms with Crippen LogP contribution in [0.5, 0.6) is 0 Å². The minimum absolute atomic E-state index is 0.0523. The largest absolute Gasteiger partial charge is 0.357 e. The molecule has 0 spiro atoms. The number of nitrogens with one attached hydrogen (secondary N) is 1. The third-order valence-electron chi connectivity index (χ3n) is 5.95. The van der Waals surface area contributed by atoms with E-state index in [0.29, 0.717) is 13.1 Å². The van der Waals surface area contributed by atoms with Crippen LogP contribution in [0.4, 0.5) is 0 Å². The second kappa shape index (κ2) is 7.46. The maximum Gasteiger partial charge on any atom is 0.256 e. The van der Waals surface area contributed by atoms with Gasteiger partial charge in [-0.1, -0.05) is 48.5 Å². The fourth-order valence-corrected chi connectivity index (χ4v) is 4.46. The number of hydrogen-bond acceptors (Lipinski definition) is 3. The first-order chi connectivity index (χ1) is 14.7.